The average molecular weight is 293 g/mol. The van der Waals surface area contributed by atoms with E-state index in [1.165, 1.54) is 23.5 Å². The van der Waals surface area contributed by atoms with Gasteiger partial charge in [0, 0.05) is 13.1 Å². The van der Waals surface area contributed by atoms with Crippen LogP contribution in [0.25, 0.3) is 0 Å². The van der Waals surface area contributed by atoms with Crippen LogP contribution in [-0.2, 0) is 6.54 Å². The summed E-state index contributed by atoms with van der Waals surface area (Å²) in [6.07, 6.45) is 0. The Morgan fingerprint density at radius 2 is 2.05 bits per heavy atom. The number of nitrogens with one attached hydrogen (secondary N) is 2. The van der Waals surface area contributed by atoms with Gasteiger partial charge in [-0.2, -0.15) is 0 Å². The molecule has 4 nitrogen and oxygen atoms in total. The Morgan fingerprint density at radius 1 is 1.35 bits per heavy atom. The largest absolute Gasteiger partial charge is 0.397 e. The lowest BCUT2D eigenvalue weighted by atomic mass is 10.2. The zero-order valence-electron chi connectivity index (χ0n) is 11.1. The summed E-state index contributed by atoms with van der Waals surface area (Å²) in [6, 6.07) is 7.99. The molecule has 2 aromatic rings. The van der Waals surface area contributed by atoms with E-state index in [0.29, 0.717) is 23.7 Å². The van der Waals surface area contributed by atoms with E-state index >= 15 is 0 Å². The Balaban J connectivity index is 2.01. The highest BCUT2D eigenvalue weighted by molar-refractivity contribution is 7.18. The molecule has 4 N–H and O–H groups in total. The van der Waals surface area contributed by atoms with E-state index in [-0.39, 0.29) is 11.7 Å². The summed E-state index contributed by atoms with van der Waals surface area (Å²) < 4.78 is 12.8. The van der Waals surface area contributed by atoms with Gasteiger partial charge in [-0.1, -0.05) is 12.1 Å². The van der Waals surface area contributed by atoms with Crippen molar-refractivity contribution in [1.82, 2.24) is 5.32 Å². The zero-order valence-corrected chi connectivity index (χ0v) is 11.9. The monoisotopic (exact) mass is 293 g/mol. The fourth-order valence-electron chi connectivity index (χ4n) is 1.70. The fraction of sp³-hybridized carbons (Fsp3) is 0.214. The smallest absolute Gasteiger partial charge is 0.263 e. The number of hydrogen-bond acceptors (Lipinski definition) is 4. The minimum Gasteiger partial charge on any atom is -0.397 e. The molecule has 0 saturated carbocycles. The molecule has 1 aromatic carbocycles. The van der Waals surface area contributed by atoms with E-state index in [0.717, 1.165) is 10.6 Å². The van der Waals surface area contributed by atoms with Gasteiger partial charge in [-0.3, -0.25) is 4.79 Å². The third-order valence-electron chi connectivity index (χ3n) is 2.68. The maximum absolute atomic E-state index is 12.8. The molecule has 0 unspecified atom stereocenters. The molecular formula is C14H16FN3OS. The predicted molar refractivity (Wildman–Crippen MR) is 80.5 cm³/mol. The van der Waals surface area contributed by atoms with E-state index < -0.39 is 0 Å². The number of carbonyl (C=O) groups is 1. The summed E-state index contributed by atoms with van der Waals surface area (Å²) >= 11 is 1.31. The lowest BCUT2D eigenvalue weighted by Gasteiger charge is -2.03. The number of rotatable bonds is 5. The number of anilines is 2. The highest BCUT2D eigenvalue weighted by Gasteiger charge is 2.13. The second-order valence-electron chi connectivity index (χ2n) is 4.23. The van der Waals surface area contributed by atoms with Crippen molar-refractivity contribution in [2.75, 3.05) is 17.6 Å². The van der Waals surface area contributed by atoms with Gasteiger partial charge >= 0.3 is 0 Å². The van der Waals surface area contributed by atoms with Crippen molar-refractivity contribution in [3.8, 4) is 0 Å². The second kappa shape index (κ2) is 6.38. The number of nitrogens with two attached hydrogens (primary N) is 1. The van der Waals surface area contributed by atoms with Crippen LogP contribution in [0.3, 0.4) is 0 Å². The molecule has 0 bridgehead atoms. The first kappa shape index (κ1) is 14.3. The van der Waals surface area contributed by atoms with Crippen molar-refractivity contribution in [2.24, 2.45) is 0 Å². The van der Waals surface area contributed by atoms with Crippen LogP contribution < -0.4 is 16.4 Å². The Kier molecular flexibility index (Phi) is 4.57. The van der Waals surface area contributed by atoms with Gasteiger partial charge in [-0.15, -0.1) is 11.3 Å². The molecule has 0 aliphatic carbocycles. The standard InChI is InChI=1S/C14H16FN3OS/c1-2-17-14(19)13-11(16)7-12(20-13)18-8-9-3-5-10(15)6-4-9/h3-7,18H,2,8,16H2,1H3,(H,17,19). The summed E-state index contributed by atoms with van der Waals surface area (Å²) in [6.45, 7) is 2.97. The molecule has 0 radical (unpaired) electrons. The lowest BCUT2D eigenvalue weighted by molar-refractivity contribution is 0.0960. The Hall–Kier alpha value is -2.08. The van der Waals surface area contributed by atoms with Crippen LogP contribution >= 0.6 is 11.3 Å². The number of amides is 1. The minimum atomic E-state index is -0.257. The van der Waals surface area contributed by atoms with Gasteiger partial charge in [0.2, 0.25) is 0 Å². The number of carbonyl (C=O) groups excluding carboxylic acids is 1. The van der Waals surface area contributed by atoms with Crippen molar-refractivity contribution in [3.63, 3.8) is 0 Å². The molecule has 0 atom stereocenters. The van der Waals surface area contributed by atoms with Gasteiger partial charge in [0.15, 0.2) is 0 Å². The molecule has 0 aliphatic heterocycles. The third kappa shape index (κ3) is 3.48. The summed E-state index contributed by atoms with van der Waals surface area (Å²) in [5, 5.41) is 6.71. The second-order valence-corrected chi connectivity index (χ2v) is 5.29. The SMILES string of the molecule is CCNC(=O)c1sc(NCc2ccc(F)cc2)cc1N. The topological polar surface area (TPSA) is 67.2 Å². The predicted octanol–water partition coefficient (Wildman–Crippen LogP) is 2.83. The number of hydrogen-bond donors (Lipinski definition) is 3. The molecule has 1 heterocycles. The van der Waals surface area contributed by atoms with Crippen LogP contribution in [0, 0.1) is 5.82 Å². The van der Waals surface area contributed by atoms with Crippen molar-refractivity contribution >= 4 is 27.9 Å². The molecule has 0 saturated heterocycles. The summed E-state index contributed by atoms with van der Waals surface area (Å²) in [5.74, 6) is -0.419. The summed E-state index contributed by atoms with van der Waals surface area (Å²) in [4.78, 5) is 12.2. The molecule has 0 aliphatic rings. The molecule has 0 spiro atoms. The van der Waals surface area contributed by atoms with Crippen LogP contribution in [0.4, 0.5) is 15.1 Å². The van der Waals surface area contributed by atoms with Gasteiger partial charge in [0.1, 0.15) is 10.7 Å². The first-order valence-corrected chi connectivity index (χ1v) is 7.07. The minimum absolute atomic E-state index is 0.162. The van der Waals surface area contributed by atoms with Crippen LogP contribution in [0.5, 0.6) is 0 Å². The molecule has 0 fully saturated rings. The number of thiophene rings is 1. The Labute approximate surface area is 120 Å². The number of nitrogen functional groups attached to an aromatic ring is 1. The van der Waals surface area contributed by atoms with E-state index in [1.807, 2.05) is 6.92 Å². The fourth-order valence-corrected chi connectivity index (χ4v) is 2.59. The van der Waals surface area contributed by atoms with Crippen LogP contribution in [-0.4, -0.2) is 12.5 Å². The molecule has 2 rings (SSSR count). The highest BCUT2D eigenvalue weighted by Crippen LogP contribution is 2.29. The maximum atomic E-state index is 12.8. The van der Waals surface area contributed by atoms with Gasteiger partial charge in [-0.25, -0.2) is 4.39 Å². The van der Waals surface area contributed by atoms with Crippen molar-refractivity contribution in [2.45, 2.75) is 13.5 Å². The van der Waals surface area contributed by atoms with Gasteiger partial charge in [-0.05, 0) is 30.7 Å². The molecule has 1 aromatic heterocycles. The normalized spacial score (nSPS) is 10.3. The van der Waals surface area contributed by atoms with Gasteiger partial charge in [0.05, 0.1) is 10.7 Å². The molecule has 106 valence electrons. The van der Waals surface area contributed by atoms with Gasteiger partial charge < -0.3 is 16.4 Å². The van der Waals surface area contributed by atoms with Crippen molar-refractivity contribution < 1.29 is 9.18 Å². The quantitative estimate of drug-likeness (QED) is 0.794. The van der Waals surface area contributed by atoms with Crippen LogP contribution in [0.2, 0.25) is 0 Å². The maximum Gasteiger partial charge on any atom is 0.263 e. The van der Waals surface area contributed by atoms with E-state index in [4.69, 9.17) is 5.73 Å². The lowest BCUT2D eigenvalue weighted by Crippen LogP contribution is -2.22. The molecule has 20 heavy (non-hydrogen) atoms. The molecule has 6 heteroatoms. The third-order valence-corrected chi connectivity index (χ3v) is 3.79. The van der Waals surface area contributed by atoms with Crippen molar-refractivity contribution in [1.29, 1.82) is 0 Å². The van der Waals surface area contributed by atoms with Crippen LogP contribution in [0.1, 0.15) is 22.2 Å². The Bertz CT molecular complexity index is 595. The first-order chi connectivity index (χ1) is 9.60. The average Bonchev–Trinajstić information content (AvgIpc) is 2.80. The van der Waals surface area contributed by atoms with E-state index in [9.17, 15) is 9.18 Å². The zero-order chi connectivity index (χ0) is 14.5. The highest BCUT2D eigenvalue weighted by atomic mass is 32.1. The number of benzene rings is 1. The van der Waals surface area contributed by atoms with Crippen molar-refractivity contribution in [3.05, 3.63) is 46.6 Å². The van der Waals surface area contributed by atoms with Crippen LogP contribution in [0.15, 0.2) is 30.3 Å². The summed E-state index contributed by atoms with van der Waals surface area (Å²) in [5.41, 5.74) is 7.24. The Morgan fingerprint density at radius 3 is 2.70 bits per heavy atom. The molecular weight excluding hydrogens is 277 g/mol. The summed E-state index contributed by atoms with van der Waals surface area (Å²) in [7, 11) is 0. The number of halogens is 1. The van der Waals surface area contributed by atoms with E-state index in [1.54, 1.807) is 18.2 Å². The first-order valence-electron chi connectivity index (χ1n) is 6.26. The van der Waals surface area contributed by atoms with Gasteiger partial charge in [0.25, 0.3) is 5.91 Å². The van der Waals surface area contributed by atoms with E-state index in [2.05, 4.69) is 10.6 Å². The molecule has 1 amide bonds.